The average molecular weight is 791 g/mol. The molecular formula is C56H76N3+. The molecule has 5 aliphatic rings. The van der Waals surface area contributed by atoms with Gasteiger partial charge in [-0.1, -0.05) is 165 Å². The largest absolute Gasteiger partial charge is 0.306 e. The first-order valence-corrected chi connectivity index (χ1v) is 24.6. The van der Waals surface area contributed by atoms with E-state index < -0.39 is 0 Å². The summed E-state index contributed by atoms with van der Waals surface area (Å²) in [7, 11) is 0. The number of aryl methyl sites for hydroxylation is 4. The number of fused-ring (bicyclic) bond motifs is 28. The standard InChI is InChI=1S/C56H76N3/c1-41(2)33-45-35-43-25-17-13-9-5-7-11-15-19-31-53(45)57-55(43)39-59(37-51-49-29-23-21-27-47(49)48-28-22-24-30-50(48)52(51)38-59)40-56-44-26-18-14-10-6-8-12-16-20-32-54(58-56)46(36-44)34-42(3)4/h21-24,27-30,35-36,41-42H,5-20,25-26,31-34,37-40H2,1-4H3/q+1. The maximum atomic E-state index is 5.90. The van der Waals surface area contributed by atoms with E-state index in [0.29, 0.717) is 11.8 Å². The van der Waals surface area contributed by atoms with Gasteiger partial charge in [0, 0.05) is 22.5 Å². The van der Waals surface area contributed by atoms with Gasteiger partial charge >= 0.3 is 0 Å². The van der Waals surface area contributed by atoms with E-state index >= 15 is 0 Å². The van der Waals surface area contributed by atoms with E-state index in [1.807, 2.05) is 0 Å². The monoisotopic (exact) mass is 791 g/mol. The normalized spacial score (nSPS) is 18.4. The van der Waals surface area contributed by atoms with E-state index in [4.69, 9.17) is 9.97 Å². The van der Waals surface area contributed by atoms with Gasteiger partial charge in [-0.05, 0) is 120 Å². The highest BCUT2D eigenvalue weighted by molar-refractivity contribution is 6.10. The number of nitrogens with zero attached hydrogens (tertiary/aromatic N) is 3. The highest BCUT2D eigenvalue weighted by Crippen LogP contribution is 2.44. The van der Waals surface area contributed by atoms with Gasteiger partial charge in [0.15, 0.2) is 0 Å². The van der Waals surface area contributed by atoms with Crippen LogP contribution < -0.4 is 0 Å². The van der Waals surface area contributed by atoms with Crippen LogP contribution in [0.25, 0.3) is 21.5 Å². The lowest BCUT2D eigenvalue weighted by molar-refractivity contribution is -0.972. The average Bonchev–Trinajstić information content (AvgIpc) is 3.60. The molecule has 0 spiro atoms. The molecule has 5 aromatic rings. The molecule has 2 aromatic heterocycles. The maximum absolute atomic E-state index is 5.90. The second-order valence-electron chi connectivity index (χ2n) is 20.3. The summed E-state index contributed by atoms with van der Waals surface area (Å²) in [4.78, 5) is 11.8. The number of pyridine rings is 2. The summed E-state index contributed by atoms with van der Waals surface area (Å²) in [5, 5.41) is 5.71. The molecule has 0 amide bonds. The van der Waals surface area contributed by atoms with Crippen LogP contribution in [-0.2, 0) is 64.7 Å². The first-order valence-electron chi connectivity index (χ1n) is 24.6. The third kappa shape index (κ3) is 10.3. The molecule has 0 saturated carbocycles. The number of quaternary nitrogens is 1. The van der Waals surface area contributed by atoms with Gasteiger partial charge in [0.05, 0.1) is 11.4 Å². The van der Waals surface area contributed by atoms with E-state index in [-0.39, 0.29) is 0 Å². The molecule has 314 valence electrons. The summed E-state index contributed by atoms with van der Waals surface area (Å²) in [6, 6.07) is 23.9. The van der Waals surface area contributed by atoms with E-state index in [9.17, 15) is 0 Å². The first kappa shape index (κ1) is 42.1. The topological polar surface area (TPSA) is 25.8 Å². The molecule has 4 bridgehead atoms. The molecule has 0 unspecified atom stereocenters. The van der Waals surface area contributed by atoms with Crippen LogP contribution in [0.2, 0.25) is 0 Å². The zero-order valence-electron chi connectivity index (χ0n) is 37.7. The van der Waals surface area contributed by atoms with Gasteiger partial charge in [0.2, 0.25) is 0 Å². The number of benzene rings is 3. The highest BCUT2D eigenvalue weighted by atomic mass is 15.4. The number of hydrogen-bond acceptors (Lipinski definition) is 2. The van der Waals surface area contributed by atoms with Crippen LogP contribution in [0.15, 0.2) is 60.7 Å². The Kier molecular flexibility index (Phi) is 14.2. The van der Waals surface area contributed by atoms with Gasteiger partial charge in [-0.15, -0.1) is 0 Å². The number of hydrogen-bond donors (Lipinski definition) is 0. The zero-order valence-corrected chi connectivity index (χ0v) is 37.7. The van der Waals surface area contributed by atoms with E-state index in [0.717, 1.165) is 69.2 Å². The van der Waals surface area contributed by atoms with Crippen LogP contribution in [0.4, 0.5) is 0 Å². The van der Waals surface area contributed by atoms with Crippen molar-refractivity contribution in [1.29, 1.82) is 0 Å². The van der Waals surface area contributed by atoms with Crippen molar-refractivity contribution in [3.05, 3.63) is 117 Å². The molecule has 0 saturated heterocycles. The lowest BCUT2D eigenvalue weighted by Gasteiger charge is -2.36. The van der Waals surface area contributed by atoms with Gasteiger partial charge in [-0.25, -0.2) is 0 Å². The Morgan fingerprint density at radius 2 is 0.780 bits per heavy atom. The molecule has 0 radical (unpaired) electrons. The van der Waals surface area contributed by atoms with Crippen molar-refractivity contribution in [3.8, 4) is 0 Å². The molecule has 3 aliphatic heterocycles. The number of aromatic nitrogens is 2. The molecule has 0 atom stereocenters. The third-order valence-electron chi connectivity index (χ3n) is 14.3. The van der Waals surface area contributed by atoms with Crippen molar-refractivity contribution in [2.75, 3.05) is 0 Å². The van der Waals surface area contributed by atoms with Gasteiger partial charge in [0.1, 0.15) is 26.2 Å². The van der Waals surface area contributed by atoms with Crippen LogP contribution in [0.1, 0.15) is 187 Å². The molecule has 0 N–H and O–H groups in total. The summed E-state index contributed by atoms with van der Waals surface area (Å²) >= 11 is 0. The smallest absolute Gasteiger partial charge is 0.123 e. The summed E-state index contributed by atoms with van der Waals surface area (Å²) in [5.74, 6) is 1.26. The van der Waals surface area contributed by atoms with Crippen molar-refractivity contribution in [3.63, 3.8) is 0 Å². The predicted molar refractivity (Wildman–Crippen MR) is 251 cm³/mol. The molecular weight excluding hydrogens is 715 g/mol. The fourth-order valence-electron chi connectivity index (χ4n) is 11.4. The molecule has 3 heteroatoms. The van der Waals surface area contributed by atoms with E-state index in [1.54, 1.807) is 22.3 Å². The Morgan fingerprint density at radius 1 is 0.441 bits per heavy atom. The summed E-state index contributed by atoms with van der Waals surface area (Å²) < 4.78 is 0.985. The summed E-state index contributed by atoms with van der Waals surface area (Å²) in [6.45, 7) is 13.6. The van der Waals surface area contributed by atoms with Crippen LogP contribution in [0.3, 0.4) is 0 Å². The molecule has 3 aromatic carbocycles. The Bertz CT molecular complexity index is 2020. The van der Waals surface area contributed by atoms with Gasteiger partial charge in [-0.3, -0.25) is 9.97 Å². The van der Waals surface area contributed by atoms with E-state index in [2.05, 4.69) is 88.4 Å². The second-order valence-corrected chi connectivity index (χ2v) is 20.3. The van der Waals surface area contributed by atoms with Crippen molar-refractivity contribution in [2.45, 2.75) is 195 Å². The lowest BCUT2D eigenvalue weighted by atomic mass is 9.92. The summed E-state index contributed by atoms with van der Waals surface area (Å²) in [5.41, 5.74) is 14.9. The van der Waals surface area contributed by atoms with Crippen molar-refractivity contribution < 1.29 is 4.48 Å². The first-order chi connectivity index (χ1) is 28.9. The Balaban J connectivity index is 1.28. The van der Waals surface area contributed by atoms with Gasteiger partial charge in [0.25, 0.3) is 0 Å². The Morgan fingerprint density at radius 3 is 1.15 bits per heavy atom. The van der Waals surface area contributed by atoms with Crippen LogP contribution in [-0.4, -0.2) is 14.5 Å². The zero-order chi connectivity index (χ0) is 40.6. The quantitative estimate of drug-likeness (QED) is 0.116. The Labute approximate surface area is 358 Å². The molecule has 59 heavy (non-hydrogen) atoms. The van der Waals surface area contributed by atoms with Crippen LogP contribution >= 0.6 is 0 Å². The van der Waals surface area contributed by atoms with Crippen LogP contribution in [0.5, 0.6) is 0 Å². The Hall–Kier alpha value is -3.56. The molecule has 0 fully saturated rings. The van der Waals surface area contributed by atoms with Gasteiger partial charge < -0.3 is 4.48 Å². The second kappa shape index (κ2) is 19.9. The fraction of sp³-hybridized carbons (Fsp3) is 0.571. The SMILES string of the molecule is CC(C)Cc1cc2c(C[N+]3(Cc4nc5c(CC(C)C)cc4CCCCCCCCCC5)Cc4c(c5ccccc5c5ccccc45)C3)nc1CCCCCCCCCC2. The minimum atomic E-state index is 0.632. The third-order valence-corrected chi connectivity index (χ3v) is 14.3. The molecule has 2 aliphatic carbocycles. The fourth-order valence-corrected chi connectivity index (χ4v) is 11.4. The van der Waals surface area contributed by atoms with Crippen LogP contribution in [0, 0.1) is 11.8 Å². The number of rotatable bonds is 8. The predicted octanol–water partition coefficient (Wildman–Crippen LogP) is 14.8. The highest BCUT2D eigenvalue weighted by Gasteiger charge is 2.41. The molecule has 5 heterocycles. The van der Waals surface area contributed by atoms with Crippen molar-refractivity contribution in [2.24, 2.45) is 11.8 Å². The van der Waals surface area contributed by atoms with Crippen molar-refractivity contribution in [1.82, 2.24) is 9.97 Å². The van der Waals surface area contributed by atoms with Crippen molar-refractivity contribution >= 4 is 21.5 Å². The lowest BCUT2D eigenvalue weighted by Crippen LogP contribution is -2.42. The minimum absolute atomic E-state index is 0.632. The minimum Gasteiger partial charge on any atom is -0.306 e. The molecule has 10 rings (SSSR count). The maximum Gasteiger partial charge on any atom is 0.123 e. The summed E-state index contributed by atoms with van der Waals surface area (Å²) in [6.07, 6.45) is 28.3. The van der Waals surface area contributed by atoms with Gasteiger partial charge in [-0.2, -0.15) is 0 Å². The van der Waals surface area contributed by atoms with E-state index in [1.165, 1.54) is 158 Å². The molecule has 3 nitrogen and oxygen atoms in total.